The molecule has 0 saturated carbocycles. The second-order valence-corrected chi connectivity index (χ2v) is 6.51. The minimum absolute atomic E-state index is 0.0659. The highest BCUT2D eigenvalue weighted by Crippen LogP contribution is 2.32. The van der Waals surface area contributed by atoms with Crippen LogP contribution in [-0.2, 0) is 10.5 Å². The van der Waals surface area contributed by atoms with Crippen LogP contribution in [0.2, 0.25) is 0 Å². The largest absolute Gasteiger partial charge is 0.478 e. The molecule has 0 spiro atoms. The number of carbonyl (C=O) groups is 2. The van der Waals surface area contributed by atoms with Gasteiger partial charge in [-0.15, -0.1) is 0 Å². The number of carboxylic acids is 1. The minimum Gasteiger partial charge on any atom is -0.478 e. The predicted octanol–water partition coefficient (Wildman–Crippen LogP) is 4.15. The van der Waals surface area contributed by atoms with Gasteiger partial charge in [-0.05, 0) is 13.0 Å². The molecule has 2 aromatic rings. The summed E-state index contributed by atoms with van der Waals surface area (Å²) in [6.07, 6.45) is 0.909. The Kier molecular flexibility index (Phi) is 6.66. The summed E-state index contributed by atoms with van der Waals surface area (Å²) in [4.78, 5) is 24.6. The number of benzene rings is 2. The van der Waals surface area contributed by atoms with Crippen LogP contribution in [0.4, 0.5) is 0 Å². The van der Waals surface area contributed by atoms with Gasteiger partial charge in [0, 0.05) is 23.1 Å². The van der Waals surface area contributed by atoms with Crippen molar-refractivity contribution in [1.82, 2.24) is 0 Å². The van der Waals surface area contributed by atoms with Gasteiger partial charge in [-0.25, -0.2) is 4.79 Å². The Morgan fingerprint density at radius 3 is 2.15 bits per heavy atom. The van der Waals surface area contributed by atoms with Gasteiger partial charge in [-0.3, -0.25) is 4.79 Å². The second kappa shape index (κ2) is 8.75. The van der Waals surface area contributed by atoms with Gasteiger partial charge < -0.3 is 14.9 Å². The van der Waals surface area contributed by atoms with Crippen molar-refractivity contribution in [1.29, 1.82) is 0 Å². The van der Waals surface area contributed by atoms with Gasteiger partial charge >= 0.3 is 5.97 Å². The third kappa shape index (κ3) is 4.70. The summed E-state index contributed by atoms with van der Waals surface area (Å²) in [5, 5.41) is 20.5. The maximum atomic E-state index is 13.1. The number of carbonyl (C=O) groups excluding carboxylic acids is 1. The first-order valence-electron chi connectivity index (χ1n) is 8.77. The fourth-order valence-electron chi connectivity index (χ4n) is 2.90. The van der Waals surface area contributed by atoms with Crippen LogP contribution in [-0.4, -0.2) is 28.6 Å². The van der Waals surface area contributed by atoms with Gasteiger partial charge in [0.2, 0.25) is 0 Å². The molecule has 27 heavy (non-hydrogen) atoms. The summed E-state index contributed by atoms with van der Waals surface area (Å²) in [6.45, 7) is 7.61. The first-order valence-corrected chi connectivity index (χ1v) is 8.77. The van der Waals surface area contributed by atoms with Crippen LogP contribution in [0.15, 0.2) is 60.7 Å². The quantitative estimate of drug-likeness (QED) is 0.395. The monoisotopic (exact) mass is 368 g/mol. The van der Waals surface area contributed by atoms with E-state index in [1.54, 1.807) is 43.3 Å². The average Bonchev–Trinajstić information content (AvgIpc) is 2.66. The highest BCUT2D eigenvalue weighted by molar-refractivity contribution is 6.15. The smallest absolute Gasteiger partial charge is 0.336 e. The van der Waals surface area contributed by atoms with E-state index in [1.807, 2.05) is 6.92 Å². The number of aliphatic hydroxyl groups is 1. The summed E-state index contributed by atoms with van der Waals surface area (Å²) < 4.78 is 5.71. The number of carboxylic acid groups (broad SMARTS) is 1. The van der Waals surface area contributed by atoms with Crippen LogP contribution in [0.5, 0.6) is 0 Å². The lowest BCUT2D eigenvalue weighted by Gasteiger charge is -2.30. The molecule has 2 rings (SSSR count). The number of hydrogen-bond acceptors (Lipinski definition) is 4. The predicted molar refractivity (Wildman–Crippen MR) is 103 cm³/mol. The van der Waals surface area contributed by atoms with Crippen molar-refractivity contribution in [2.45, 2.75) is 32.5 Å². The van der Waals surface area contributed by atoms with E-state index >= 15 is 0 Å². The number of ether oxygens (including phenoxy) is 1. The van der Waals surface area contributed by atoms with Crippen molar-refractivity contribution >= 4 is 11.8 Å². The average molecular weight is 368 g/mol. The number of aromatic carboxylic acids is 1. The lowest BCUT2D eigenvalue weighted by Crippen LogP contribution is -2.32. The standard InChI is InChI=1S/C22H24O5/c1-4-13-22(26,27-14-15(2)3)19-12-8-7-11-18(19)20(23)16-9-5-6-10-17(16)21(24)25/h5-12,26H,2,4,13-14H2,1,3H3,(H,24,25). The van der Waals surface area contributed by atoms with Gasteiger partial charge in [0.15, 0.2) is 11.6 Å². The van der Waals surface area contributed by atoms with Gasteiger partial charge in [0.1, 0.15) is 0 Å². The second-order valence-electron chi connectivity index (χ2n) is 6.51. The Bertz CT molecular complexity index is 855. The van der Waals surface area contributed by atoms with E-state index in [-0.39, 0.29) is 29.7 Å². The molecule has 142 valence electrons. The zero-order valence-electron chi connectivity index (χ0n) is 15.6. The maximum Gasteiger partial charge on any atom is 0.336 e. The molecule has 0 fully saturated rings. The molecule has 1 atom stereocenters. The van der Waals surface area contributed by atoms with Crippen molar-refractivity contribution in [3.63, 3.8) is 0 Å². The Morgan fingerprint density at radius 1 is 1.04 bits per heavy atom. The van der Waals surface area contributed by atoms with E-state index in [2.05, 4.69) is 6.58 Å². The van der Waals surface area contributed by atoms with Crippen molar-refractivity contribution in [3.05, 3.63) is 82.9 Å². The van der Waals surface area contributed by atoms with Crippen LogP contribution >= 0.6 is 0 Å². The Hall–Kier alpha value is -2.76. The van der Waals surface area contributed by atoms with Crippen molar-refractivity contribution in [2.75, 3.05) is 6.61 Å². The normalized spacial score (nSPS) is 13.0. The molecule has 0 aliphatic heterocycles. The third-order valence-corrected chi connectivity index (χ3v) is 4.14. The van der Waals surface area contributed by atoms with E-state index in [9.17, 15) is 19.8 Å². The Balaban J connectivity index is 2.55. The molecule has 0 heterocycles. The summed E-state index contributed by atoms with van der Waals surface area (Å²) >= 11 is 0. The van der Waals surface area contributed by atoms with E-state index in [1.165, 1.54) is 12.1 Å². The molecular formula is C22H24O5. The van der Waals surface area contributed by atoms with Crippen LogP contribution < -0.4 is 0 Å². The molecule has 0 aliphatic rings. The van der Waals surface area contributed by atoms with Crippen LogP contribution in [0, 0.1) is 0 Å². The molecule has 2 aromatic carbocycles. The summed E-state index contributed by atoms with van der Waals surface area (Å²) in [5.74, 6) is -3.33. The van der Waals surface area contributed by atoms with E-state index < -0.39 is 17.5 Å². The highest BCUT2D eigenvalue weighted by Gasteiger charge is 2.34. The Labute approximate surface area is 158 Å². The summed E-state index contributed by atoms with van der Waals surface area (Å²) in [6, 6.07) is 12.6. The lowest BCUT2D eigenvalue weighted by molar-refractivity contribution is -0.211. The van der Waals surface area contributed by atoms with Crippen molar-refractivity contribution in [2.24, 2.45) is 0 Å². The molecule has 5 heteroatoms. The van der Waals surface area contributed by atoms with Crippen LogP contribution in [0.1, 0.15) is 58.5 Å². The molecule has 2 N–H and O–H groups in total. The van der Waals surface area contributed by atoms with E-state index in [4.69, 9.17) is 4.74 Å². The molecule has 0 amide bonds. The first kappa shape index (κ1) is 20.6. The number of rotatable bonds is 9. The van der Waals surface area contributed by atoms with Gasteiger partial charge in [-0.1, -0.05) is 68.0 Å². The SMILES string of the molecule is C=C(C)COC(O)(CCC)c1ccccc1C(=O)c1ccccc1C(=O)O. The maximum absolute atomic E-state index is 13.1. The third-order valence-electron chi connectivity index (χ3n) is 4.14. The van der Waals surface area contributed by atoms with Gasteiger partial charge in [-0.2, -0.15) is 0 Å². The fraction of sp³-hybridized carbons (Fsp3) is 0.273. The topological polar surface area (TPSA) is 83.8 Å². The molecule has 0 aromatic heterocycles. The summed E-state index contributed by atoms with van der Waals surface area (Å²) in [5.41, 5.74) is 1.25. The zero-order valence-corrected chi connectivity index (χ0v) is 15.6. The van der Waals surface area contributed by atoms with Crippen LogP contribution in [0.3, 0.4) is 0 Å². The van der Waals surface area contributed by atoms with Crippen LogP contribution in [0.25, 0.3) is 0 Å². The van der Waals surface area contributed by atoms with Crippen molar-refractivity contribution < 1.29 is 24.5 Å². The molecule has 0 saturated heterocycles. The molecule has 0 radical (unpaired) electrons. The Morgan fingerprint density at radius 2 is 1.59 bits per heavy atom. The fourth-order valence-corrected chi connectivity index (χ4v) is 2.90. The molecule has 5 nitrogen and oxygen atoms in total. The van der Waals surface area contributed by atoms with Crippen molar-refractivity contribution in [3.8, 4) is 0 Å². The van der Waals surface area contributed by atoms with E-state index in [0.29, 0.717) is 12.0 Å². The molecular weight excluding hydrogens is 344 g/mol. The number of hydrogen-bond donors (Lipinski definition) is 2. The molecule has 0 aliphatic carbocycles. The first-order chi connectivity index (χ1) is 12.8. The lowest BCUT2D eigenvalue weighted by atomic mass is 9.89. The van der Waals surface area contributed by atoms with Gasteiger partial charge in [0.05, 0.1) is 12.2 Å². The molecule has 1 unspecified atom stereocenters. The number of ketones is 1. The zero-order chi connectivity index (χ0) is 20.0. The molecule has 0 bridgehead atoms. The highest BCUT2D eigenvalue weighted by atomic mass is 16.6. The minimum atomic E-state index is -1.67. The summed E-state index contributed by atoms with van der Waals surface area (Å²) in [7, 11) is 0. The van der Waals surface area contributed by atoms with Gasteiger partial charge in [0.25, 0.3) is 0 Å². The van der Waals surface area contributed by atoms with E-state index in [0.717, 1.165) is 5.57 Å².